The van der Waals surface area contributed by atoms with Gasteiger partial charge < -0.3 is 10.4 Å². The van der Waals surface area contributed by atoms with Crippen LogP contribution in [-0.2, 0) is 4.79 Å². The summed E-state index contributed by atoms with van der Waals surface area (Å²) >= 11 is 0. The van der Waals surface area contributed by atoms with Gasteiger partial charge in [0.05, 0.1) is 6.07 Å². The van der Waals surface area contributed by atoms with Crippen LogP contribution in [0.3, 0.4) is 0 Å². The van der Waals surface area contributed by atoms with Crippen molar-refractivity contribution in [1.29, 1.82) is 5.26 Å². The Morgan fingerprint density at radius 1 is 1.56 bits per heavy atom. The summed E-state index contributed by atoms with van der Waals surface area (Å²) in [6.07, 6.45) is -4.52. The molecular formula is C9H13F3N2O2. The maximum absolute atomic E-state index is 12.2. The van der Waals surface area contributed by atoms with Crippen molar-refractivity contribution in [3.05, 3.63) is 0 Å². The molecule has 2 N–H and O–H groups in total. The van der Waals surface area contributed by atoms with Gasteiger partial charge in [-0.15, -0.1) is 0 Å². The average molecular weight is 238 g/mol. The van der Waals surface area contributed by atoms with E-state index in [0.717, 1.165) is 6.07 Å². The number of aliphatic carboxylic acids is 1. The minimum atomic E-state index is -4.64. The topological polar surface area (TPSA) is 73.1 Å². The van der Waals surface area contributed by atoms with Gasteiger partial charge in [0.15, 0.2) is 5.92 Å². The smallest absolute Gasteiger partial charge is 0.405 e. The highest BCUT2D eigenvalue weighted by Gasteiger charge is 2.41. The van der Waals surface area contributed by atoms with E-state index in [1.54, 1.807) is 0 Å². The first kappa shape index (κ1) is 14.7. The second kappa shape index (κ2) is 5.16. The third-order valence-corrected chi connectivity index (χ3v) is 2.43. The molecule has 0 radical (unpaired) electrons. The number of nitrogens with one attached hydrogen (secondary N) is 1. The van der Waals surface area contributed by atoms with Crippen LogP contribution in [0.5, 0.6) is 0 Å². The molecule has 0 aromatic rings. The number of hydrogen-bond donors (Lipinski definition) is 2. The van der Waals surface area contributed by atoms with Gasteiger partial charge >= 0.3 is 12.1 Å². The van der Waals surface area contributed by atoms with Crippen molar-refractivity contribution in [2.24, 2.45) is 5.92 Å². The zero-order chi connectivity index (χ0) is 13.0. The van der Waals surface area contributed by atoms with Crippen LogP contribution in [0.25, 0.3) is 0 Å². The van der Waals surface area contributed by atoms with Crippen LogP contribution >= 0.6 is 0 Å². The van der Waals surface area contributed by atoms with Crippen LogP contribution in [0.2, 0.25) is 0 Å². The van der Waals surface area contributed by atoms with E-state index in [2.05, 4.69) is 5.32 Å². The predicted molar refractivity (Wildman–Crippen MR) is 49.5 cm³/mol. The monoisotopic (exact) mass is 238 g/mol. The van der Waals surface area contributed by atoms with Crippen molar-refractivity contribution < 1.29 is 23.1 Å². The lowest BCUT2D eigenvalue weighted by atomic mass is 9.98. The molecule has 0 amide bonds. The summed E-state index contributed by atoms with van der Waals surface area (Å²) in [6.45, 7) is 2.09. The molecule has 0 rings (SSSR count). The van der Waals surface area contributed by atoms with Crippen molar-refractivity contribution in [2.45, 2.75) is 32.0 Å². The molecule has 0 heterocycles. The third-order valence-electron chi connectivity index (χ3n) is 2.43. The molecule has 0 aliphatic heterocycles. The van der Waals surface area contributed by atoms with E-state index in [4.69, 9.17) is 10.4 Å². The Labute approximate surface area is 91.1 Å². The number of hydrogen-bond acceptors (Lipinski definition) is 3. The third kappa shape index (κ3) is 3.70. The van der Waals surface area contributed by atoms with Crippen molar-refractivity contribution >= 4 is 5.97 Å². The highest BCUT2D eigenvalue weighted by Crippen LogP contribution is 2.25. The minimum absolute atomic E-state index is 0.123. The second-order valence-corrected chi connectivity index (χ2v) is 3.60. The summed E-state index contributed by atoms with van der Waals surface area (Å²) in [6, 6.07) is 1.10. The molecule has 2 unspecified atom stereocenters. The van der Waals surface area contributed by atoms with Gasteiger partial charge in [0.25, 0.3) is 0 Å². The van der Waals surface area contributed by atoms with Gasteiger partial charge in [-0.25, -0.2) is 0 Å². The van der Waals surface area contributed by atoms with E-state index in [0.29, 0.717) is 0 Å². The van der Waals surface area contributed by atoms with Crippen molar-refractivity contribution in [3.8, 4) is 6.07 Å². The Kier molecular flexibility index (Phi) is 4.75. The van der Waals surface area contributed by atoms with Crippen molar-refractivity contribution in [1.82, 2.24) is 5.32 Å². The number of alkyl halides is 3. The highest BCUT2D eigenvalue weighted by molar-refractivity contribution is 5.78. The Morgan fingerprint density at radius 2 is 2.06 bits per heavy atom. The number of carbonyl (C=O) groups is 1. The molecule has 0 saturated heterocycles. The minimum Gasteiger partial charge on any atom is -0.480 e. The number of carboxylic acids is 1. The molecular weight excluding hydrogens is 225 g/mol. The molecule has 0 bridgehead atoms. The molecule has 0 aliphatic rings. The van der Waals surface area contributed by atoms with Crippen molar-refractivity contribution in [3.63, 3.8) is 0 Å². The largest absolute Gasteiger partial charge is 0.480 e. The maximum Gasteiger partial charge on any atom is 0.405 e. The van der Waals surface area contributed by atoms with Gasteiger partial charge in [-0.3, -0.25) is 4.79 Å². The van der Waals surface area contributed by atoms with Crippen molar-refractivity contribution in [2.75, 3.05) is 6.54 Å². The zero-order valence-electron chi connectivity index (χ0n) is 8.93. The fourth-order valence-corrected chi connectivity index (χ4v) is 0.914. The Hall–Kier alpha value is -1.29. The zero-order valence-corrected chi connectivity index (χ0v) is 8.93. The molecule has 0 aliphatic carbocycles. The quantitative estimate of drug-likeness (QED) is 0.761. The number of carboxylic acid groups (broad SMARTS) is 1. The predicted octanol–water partition coefficient (Wildman–Crippen LogP) is 1.53. The van der Waals surface area contributed by atoms with E-state index in [-0.39, 0.29) is 6.42 Å². The summed E-state index contributed by atoms with van der Waals surface area (Å²) in [4.78, 5) is 10.8. The number of nitriles is 1. The SMILES string of the molecule is CCC(C)(NCC(C#N)C(F)(F)F)C(=O)O. The van der Waals surface area contributed by atoms with Crippen LogP contribution in [0, 0.1) is 17.2 Å². The van der Waals surface area contributed by atoms with Gasteiger partial charge in [-0.05, 0) is 13.3 Å². The van der Waals surface area contributed by atoms with Gasteiger partial charge in [0.2, 0.25) is 0 Å². The standard InChI is InChI=1S/C9H13F3N2O2/c1-3-8(2,7(15)16)14-5-6(4-13)9(10,11)12/h6,14H,3,5H2,1-2H3,(H,15,16). The molecule has 4 nitrogen and oxygen atoms in total. The lowest BCUT2D eigenvalue weighted by molar-refractivity contribution is -0.161. The molecule has 0 spiro atoms. The highest BCUT2D eigenvalue weighted by atomic mass is 19.4. The maximum atomic E-state index is 12.2. The first-order valence-electron chi connectivity index (χ1n) is 4.62. The van der Waals surface area contributed by atoms with Crippen LogP contribution in [0.15, 0.2) is 0 Å². The van der Waals surface area contributed by atoms with E-state index >= 15 is 0 Å². The van der Waals surface area contributed by atoms with Crippen LogP contribution in [0.1, 0.15) is 20.3 Å². The molecule has 0 fully saturated rings. The van der Waals surface area contributed by atoms with E-state index < -0.39 is 30.1 Å². The number of nitrogens with zero attached hydrogens (tertiary/aromatic N) is 1. The molecule has 0 saturated carbocycles. The van der Waals surface area contributed by atoms with Gasteiger partial charge in [-0.2, -0.15) is 18.4 Å². The Morgan fingerprint density at radius 3 is 2.31 bits per heavy atom. The summed E-state index contributed by atoms with van der Waals surface area (Å²) in [7, 11) is 0. The molecule has 16 heavy (non-hydrogen) atoms. The molecule has 2 atom stereocenters. The fourth-order valence-electron chi connectivity index (χ4n) is 0.914. The Balaban J connectivity index is 4.55. The average Bonchev–Trinajstić information content (AvgIpc) is 2.15. The van der Waals surface area contributed by atoms with Crippen LogP contribution < -0.4 is 5.32 Å². The van der Waals surface area contributed by atoms with Gasteiger partial charge in [0, 0.05) is 6.54 Å². The van der Waals surface area contributed by atoms with Gasteiger partial charge in [0.1, 0.15) is 5.54 Å². The molecule has 7 heteroatoms. The van der Waals surface area contributed by atoms with Gasteiger partial charge in [-0.1, -0.05) is 6.92 Å². The summed E-state index contributed by atoms with van der Waals surface area (Å²) in [5, 5.41) is 19.4. The lowest BCUT2D eigenvalue weighted by Crippen LogP contribution is -2.51. The van der Waals surface area contributed by atoms with E-state index in [1.165, 1.54) is 13.8 Å². The van der Waals surface area contributed by atoms with E-state index in [9.17, 15) is 18.0 Å². The van der Waals surface area contributed by atoms with E-state index in [1.807, 2.05) is 0 Å². The fraction of sp³-hybridized carbons (Fsp3) is 0.778. The normalized spacial score (nSPS) is 17.2. The number of halogens is 3. The first-order valence-corrected chi connectivity index (χ1v) is 4.62. The molecule has 0 aromatic heterocycles. The summed E-state index contributed by atoms with van der Waals surface area (Å²) < 4.78 is 36.6. The summed E-state index contributed by atoms with van der Waals surface area (Å²) in [5.74, 6) is -3.44. The first-order chi connectivity index (χ1) is 7.17. The number of rotatable bonds is 5. The lowest BCUT2D eigenvalue weighted by Gasteiger charge is -2.26. The molecule has 92 valence electrons. The summed E-state index contributed by atoms with van der Waals surface area (Å²) in [5.41, 5.74) is -1.44. The van der Waals surface area contributed by atoms with Crippen LogP contribution in [0.4, 0.5) is 13.2 Å². The van der Waals surface area contributed by atoms with Crippen LogP contribution in [-0.4, -0.2) is 29.3 Å². The molecule has 0 aromatic carbocycles. The Bertz CT molecular complexity index is 298. The second-order valence-electron chi connectivity index (χ2n) is 3.60.